The van der Waals surface area contributed by atoms with Crippen LogP contribution in [0.25, 0.3) is 11.3 Å². The maximum atomic E-state index is 13.3. The van der Waals surface area contributed by atoms with E-state index in [-0.39, 0.29) is 11.9 Å². The van der Waals surface area contributed by atoms with Crippen molar-refractivity contribution >= 4 is 11.7 Å². The highest BCUT2D eigenvalue weighted by Crippen LogP contribution is 2.23. The number of anilines is 1. The molecule has 4 rings (SSSR count). The Morgan fingerprint density at radius 3 is 2.89 bits per heavy atom. The minimum atomic E-state index is -0.409. The SMILES string of the molecule is O=C(N[C@H]1CCCN(c2cc(-c3ccncc3)[nH]n2)C1)c1cccc(F)c1. The highest BCUT2D eigenvalue weighted by Gasteiger charge is 2.23. The molecule has 1 aliphatic heterocycles. The molecule has 138 valence electrons. The van der Waals surface area contributed by atoms with Crippen LogP contribution in [0.15, 0.2) is 54.9 Å². The zero-order valence-electron chi connectivity index (χ0n) is 14.7. The first-order valence-electron chi connectivity index (χ1n) is 8.96. The van der Waals surface area contributed by atoms with E-state index in [0.717, 1.165) is 36.5 Å². The second-order valence-electron chi connectivity index (χ2n) is 6.64. The molecule has 0 spiro atoms. The van der Waals surface area contributed by atoms with Crippen LogP contribution < -0.4 is 10.2 Å². The van der Waals surface area contributed by atoms with Gasteiger partial charge in [-0.05, 0) is 43.2 Å². The van der Waals surface area contributed by atoms with Crippen LogP contribution in [-0.4, -0.2) is 40.2 Å². The molecule has 1 aliphatic rings. The molecule has 0 aliphatic carbocycles. The average molecular weight is 365 g/mol. The van der Waals surface area contributed by atoms with Gasteiger partial charge >= 0.3 is 0 Å². The van der Waals surface area contributed by atoms with Crippen LogP contribution in [0.4, 0.5) is 10.2 Å². The van der Waals surface area contributed by atoms with E-state index in [4.69, 9.17) is 0 Å². The fourth-order valence-corrected chi connectivity index (χ4v) is 3.35. The summed E-state index contributed by atoms with van der Waals surface area (Å²) < 4.78 is 13.3. The normalized spacial score (nSPS) is 16.9. The number of nitrogens with one attached hydrogen (secondary N) is 2. The summed E-state index contributed by atoms with van der Waals surface area (Å²) in [6.45, 7) is 1.55. The van der Waals surface area contributed by atoms with Gasteiger partial charge in [-0.1, -0.05) is 6.07 Å². The van der Waals surface area contributed by atoms with Crippen molar-refractivity contribution in [3.05, 3.63) is 66.2 Å². The lowest BCUT2D eigenvalue weighted by Crippen LogP contribution is -2.48. The highest BCUT2D eigenvalue weighted by atomic mass is 19.1. The first-order valence-corrected chi connectivity index (χ1v) is 8.96. The summed E-state index contributed by atoms with van der Waals surface area (Å²) in [6, 6.07) is 11.6. The maximum Gasteiger partial charge on any atom is 0.251 e. The quantitative estimate of drug-likeness (QED) is 0.745. The third kappa shape index (κ3) is 3.97. The van der Waals surface area contributed by atoms with Crippen LogP contribution in [0.2, 0.25) is 0 Å². The Bertz CT molecular complexity index is 927. The van der Waals surface area contributed by atoms with Crippen LogP contribution >= 0.6 is 0 Å². The second-order valence-corrected chi connectivity index (χ2v) is 6.64. The molecule has 1 saturated heterocycles. The number of carbonyl (C=O) groups is 1. The zero-order valence-corrected chi connectivity index (χ0v) is 14.7. The molecule has 0 bridgehead atoms. The molecule has 0 saturated carbocycles. The lowest BCUT2D eigenvalue weighted by Gasteiger charge is -2.33. The van der Waals surface area contributed by atoms with E-state index in [0.29, 0.717) is 12.1 Å². The van der Waals surface area contributed by atoms with Crippen molar-refractivity contribution in [2.45, 2.75) is 18.9 Å². The number of rotatable bonds is 4. The Hall–Kier alpha value is -3.22. The number of pyridine rings is 1. The Kier molecular flexibility index (Phi) is 4.82. The zero-order chi connectivity index (χ0) is 18.6. The van der Waals surface area contributed by atoms with E-state index in [1.807, 2.05) is 18.2 Å². The van der Waals surface area contributed by atoms with Gasteiger partial charge in [-0.2, -0.15) is 5.10 Å². The summed E-state index contributed by atoms with van der Waals surface area (Å²) in [4.78, 5) is 18.6. The summed E-state index contributed by atoms with van der Waals surface area (Å²) >= 11 is 0. The molecule has 7 heteroatoms. The van der Waals surface area contributed by atoms with Gasteiger partial charge in [0.25, 0.3) is 5.91 Å². The fraction of sp³-hybridized carbons (Fsp3) is 0.250. The van der Waals surface area contributed by atoms with Crippen LogP contribution in [0.1, 0.15) is 23.2 Å². The largest absolute Gasteiger partial charge is 0.353 e. The molecular weight excluding hydrogens is 345 g/mol. The number of amides is 1. The Morgan fingerprint density at radius 1 is 1.22 bits per heavy atom. The predicted octanol–water partition coefficient (Wildman–Crippen LogP) is 3.01. The Labute approximate surface area is 156 Å². The molecule has 27 heavy (non-hydrogen) atoms. The number of piperidine rings is 1. The molecule has 3 heterocycles. The molecule has 0 radical (unpaired) electrons. The van der Waals surface area contributed by atoms with E-state index >= 15 is 0 Å². The number of nitrogens with zero attached hydrogens (tertiary/aromatic N) is 3. The lowest BCUT2D eigenvalue weighted by atomic mass is 10.0. The molecule has 1 atom stereocenters. The number of aromatic nitrogens is 3. The summed E-state index contributed by atoms with van der Waals surface area (Å²) in [5.74, 6) is 0.195. The van der Waals surface area contributed by atoms with Gasteiger partial charge in [0.2, 0.25) is 0 Å². The van der Waals surface area contributed by atoms with Gasteiger partial charge in [0.1, 0.15) is 5.82 Å². The molecule has 2 N–H and O–H groups in total. The summed E-state index contributed by atoms with van der Waals surface area (Å²) in [7, 11) is 0. The topological polar surface area (TPSA) is 73.9 Å². The predicted molar refractivity (Wildman–Crippen MR) is 101 cm³/mol. The van der Waals surface area contributed by atoms with Crippen molar-refractivity contribution < 1.29 is 9.18 Å². The van der Waals surface area contributed by atoms with Gasteiger partial charge in [-0.3, -0.25) is 14.9 Å². The average Bonchev–Trinajstić information content (AvgIpc) is 3.19. The number of H-pyrrole nitrogens is 1. The molecule has 6 nitrogen and oxygen atoms in total. The van der Waals surface area contributed by atoms with Crippen LogP contribution in [-0.2, 0) is 0 Å². The summed E-state index contributed by atoms with van der Waals surface area (Å²) in [5, 5.41) is 10.5. The Morgan fingerprint density at radius 2 is 2.07 bits per heavy atom. The van der Waals surface area contributed by atoms with E-state index < -0.39 is 5.82 Å². The molecule has 1 amide bonds. The lowest BCUT2D eigenvalue weighted by molar-refractivity contribution is 0.0932. The van der Waals surface area contributed by atoms with Gasteiger partial charge in [-0.15, -0.1) is 0 Å². The second kappa shape index (κ2) is 7.57. The number of hydrogen-bond acceptors (Lipinski definition) is 4. The Balaban J connectivity index is 1.42. The molecule has 1 fully saturated rings. The number of halogens is 1. The number of aromatic amines is 1. The van der Waals surface area contributed by atoms with E-state index in [9.17, 15) is 9.18 Å². The molecule has 2 aromatic heterocycles. The third-order valence-corrected chi connectivity index (χ3v) is 4.72. The van der Waals surface area contributed by atoms with Crippen LogP contribution in [0, 0.1) is 5.82 Å². The van der Waals surface area contributed by atoms with Gasteiger partial charge in [0.15, 0.2) is 5.82 Å². The molecule has 3 aromatic rings. The molecular formula is C20H20FN5O. The molecule has 0 unspecified atom stereocenters. The van der Waals surface area contributed by atoms with Crippen molar-refractivity contribution in [3.63, 3.8) is 0 Å². The van der Waals surface area contributed by atoms with E-state index in [1.54, 1.807) is 24.5 Å². The van der Waals surface area contributed by atoms with Crippen molar-refractivity contribution in [3.8, 4) is 11.3 Å². The van der Waals surface area contributed by atoms with Crippen molar-refractivity contribution in [2.75, 3.05) is 18.0 Å². The number of hydrogen-bond donors (Lipinski definition) is 2. The van der Waals surface area contributed by atoms with E-state index in [1.165, 1.54) is 12.1 Å². The van der Waals surface area contributed by atoms with Gasteiger partial charge in [0.05, 0.1) is 5.69 Å². The highest BCUT2D eigenvalue weighted by molar-refractivity contribution is 5.94. The van der Waals surface area contributed by atoms with Gasteiger partial charge < -0.3 is 10.2 Å². The standard InChI is InChI=1S/C20H20FN5O/c21-16-4-1-3-15(11-16)20(27)23-17-5-2-10-26(13-17)19-12-18(24-25-19)14-6-8-22-9-7-14/h1,3-4,6-9,11-12,17H,2,5,10,13H2,(H,23,27)(H,24,25)/t17-/m0/s1. The van der Waals surface area contributed by atoms with Crippen LogP contribution in [0.3, 0.4) is 0 Å². The maximum absolute atomic E-state index is 13.3. The van der Waals surface area contributed by atoms with Crippen molar-refractivity contribution in [1.82, 2.24) is 20.5 Å². The van der Waals surface area contributed by atoms with Gasteiger partial charge in [0, 0.05) is 48.7 Å². The minimum Gasteiger partial charge on any atom is -0.353 e. The first kappa shape index (κ1) is 17.2. The summed E-state index contributed by atoms with van der Waals surface area (Å²) in [5.41, 5.74) is 2.29. The fourth-order valence-electron chi connectivity index (χ4n) is 3.35. The van der Waals surface area contributed by atoms with E-state index in [2.05, 4.69) is 25.4 Å². The smallest absolute Gasteiger partial charge is 0.251 e. The first-order chi connectivity index (χ1) is 13.2. The number of benzene rings is 1. The van der Waals surface area contributed by atoms with Crippen LogP contribution in [0.5, 0.6) is 0 Å². The van der Waals surface area contributed by atoms with Crippen molar-refractivity contribution in [2.24, 2.45) is 0 Å². The van der Waals surface area contributed by atoms with Crippen molar-refractivity contribution in [1.29, 1.82) is 0 Å². The molecule has 1 aromatic carbocycles. The monoisotopic (exact) mass is 365 g/mol. The number of carbonyl (C=O) groups excluding carboxylic acids is 1. The third-order valence-electron chi connectivity index (χ3n) is 4.72. The summed E-state index contributed by atoms with van der Waals surface area (Å²) in [6.07, 6.45) is 5.33. The minimum absolute atomic E-state index is 0.00408. The van der Waals surface area contributed by atoms with Gasteiger partial charge in [-0.25, -0.2) is 4.39 Å².